The van der Waals surface area contributed by atoms with Gasteiger partial charge in [-0.05, 0) is 36.5 Å². The van der Waals surface area contributed by atoms with Crippen LogP contribution in [0, 0.1) is 5.92 Å². The summed E-state index contributed by atoms with van der Waals surface area (Å²) in [5, 5.41) is 3.85. The van der Waals surface area contributed by atoms with Crippen LogP contribution in [0.2, 0.25) is 0 Å². The molecule has 7 heteroatoms. The van der Waals surface area contributed by atoms with Gasteiger partial charge in [0.2, 0.25) is 0 Å². The van der Waals surface area contributed by atoms with E-state index >= 15 is 0 Å². The Kier molecular flexibility index (Phi) is 4.41. The van der Waals surface area contributed by atoms with Gasteiger partial charge in [-0.15, -0.1) is 0 Å². The number of anilines is 1. The van der Waals surface area contributed by atoms with Crippen LogP contribution in [0.1, 0.15) is 42.1 Å². The average Bonchev–Trinajstić information content (AvgIpc) is 2.87. The summed E-state index contributed by atoms with van der Waals surface area (Å²) in [4.78, 5) is 0. The second-order valence-corrected chi connectivity index (χ2v) is 7.66. The maximum atomic E-state index is 11.2. The van der Waals surface area contributed by atoms with Crippen molar-refractivity contribution >= 4 is 15.8 Å². The van der Waals surface area contributed by atoms with E-state index in [0.717, 1.165) is 24.7 Å². The van der Waals surface area contributed by atoms with E-state index in [1.54, 1.807) is 0 Å². The van der Waals surface area contributed by atoms with Crippen molar-refractivity contribution < 1.29 is 17.1 Å². The Balaban J connectivity index is 1.93. The molecule has 3 rings (SSSR count). The van der Waals surface area contributed by atoms with Crippen molar-refractivity contribution in [2.45, 2.75) is 31.8 Å². The molecule has 2 aromatic rings. The molecule has 0 saturated heterocycles. The van der Waals surface area contributed by atoms with Crippen molar-refractivity contribution in [3.63, 3.8) is 0 Å². The lowest BCUT2D eigenvalue weighted by Gasteiger charge is -2.33. The molecule has 2 N–H and O–H groups in total. The standard InChI is InChI=1S/C16H20N2O4S/c1-23(19,20)21-10-13-9-18-22-16(13)15(11-4-2-5-11)12-6-3-7-14(17)8-12/h3,6-9,11,15H,2,4-5,10,17H2,1H3. The molecule has 1 unspecified atom stereocenters. The normalized spacial score (nSPS) is 16.9. The van der Waals surface area contributed by atoms with Crippen LogP contribution in [0.4, 0.5) is 5.69 Å². The molecule has 23 heavy (non-hydrogen) atoms. The lowest BCUT2D eigenvalue weighted by atomic mass is 9.71. The number of nitrogens with two attached hydrogens (primary N) is 1. The monoisotopic (exact) mass is 336 g/mol. The van der Waals surface area contributed by atoms with E-state index in [-0.39, 0.29) is 12.5 Å². The van der Waals surface area contributed by atoms with Crippen molar-refractivity contribution in [3.05, 3.63) is 47.3 Å². The molecule has 0 aliphatic heterocycles. The van der Waals surface area contributed by atoms with Crippen LogP contribution in [-0.4, -0.2) is 19.8 Å². The summed E-state index contributed by atoms with van der Waals surface area (Å²) >= 11 is 0. The van der Waals surface area contributed by atoms with Crippen molar-refractivity contribution in [1.82, 2.24) is 5.16 Å². The molecular weight excluding hydrogens is 316 g/mol. The van der Waals surface area contributed by atoms with Crippen LogP contribution in [-0.2, 0) is 20.9 Å². The number of nitrogens with zero attached hydrogens (tertiary/aromatic N) is 1. The summed E-state index contributed by atoms with van der Waals surface area (Å²) in [7, 11) is -3.52. The minimum Gasteiger partial charge on any atom is -0.399 e. The summed E-state index contributed by atoms with van der Waals surface area (Å²) in [6.07, 6.45) is 5.95. The van der Waals surface area contributed by atoms with Gasteiger partial charge in [-0.2, -0.15) is 8.42 Å². The Morgan fingerprint density at radius 1 is 1.43 bits per heavy atom. The van der Waals surface area contributed by atoms with E-state index in [4.69, 9.17) is 14.4 Å². The minimum atomic E-state index is -3.52. The van der Waals surface area contributed by atoms with E-state index in [9.17, 15) is 8.42 Å². The third-order valence-corrected chi connectivity index (χ3v) is 4.82. The lowest BCUT2D eigenvalue weighted by Crippen LogP contribution is -2.22. The predicted molar refractivity (Wildman–Crippen MR) is 86.2 cm³/mol. The SMILES string of the molecule is CS(=O)(=O)OCc1cnoc1C(c1cccc(N)c1)C1CCC1. The highest BCUT2D eigenvalue weighted by Crippen LogP contribution is 2.44. The Bertz CT molecular complexity index is 781. The van der Waals surface area contributed by atoms with Gasteiger partial charge in [0.15, 0.2) is 0 Å². The molecule has 1 aliphatic carbocycles. The number of hydrogen-bond acceptors (Lipinski definition) is 6. The number of nitrogen functional groups attached to an aromatic ring is 1. The zero-order valence-corrected chi connectivity index (χ0v) is 13.8. The van der Waals surface area contributed by atoms with Crippen LogP contribution in [0.15, 0.2) is 35.0 Å². The Morgan fingerprint density at radius 2 is 2.22 bits per heavy atom. The zero-order chi connectivity index (χ0) is 16.4. The fraction of sp³-hybridized carbons (Fsp3) is 0.438. The predicted octanol–water partition coefficient (Wildman–Crippen LogP) is 2.67. The van der Waals surface area contributed by atoms with Crippen molar-refractivity contribution in [2.75, 3.05) is 12.0 Å². The fourth-order valence-corrected chi connectivity index (χ4v) is 3.31. The van der Waals surface area contributed by atoms with Crippen LogP contribution in [0.25, 0.3) is 0 Å². The molecule has 124 valence electrons. The van der Waals surface area contributed by atoms with Crippen LogP contribution >= 0.6 is 0 Å². The molecule has 1 aromatic carbocycles. The van der Waals surface area contributed by atoms with E-state index in [0.29, 0.717) is 22.9 Å². The first-order valence-corrected chi connectivity index (χ1v) is 9.39. The van der Waals surface area contributed by atoms with Crippen molar-refractivity contribution in [2.24, 2.45) is 5.92 Å². The van der Waals surface area contributed by atoms with E-state index in [2.05, 4.69) is 5.16 Å². The second kappa shape index (κ2) is 6.33. The third-order valence-electron chi connectivity index (χ3n) is 4.28. The summed E-state index contributed by atoms with van der Waals surface area (Å²) in [6.45, 7) is -0.0663. The molecule has 1 aromatic heterocycles. The maximum Gasteiger partial charge on any atom is 0.264 e. The number of hydrogen-bond donors (Lipinski definition) is 1. The summed E-state index contributed by atoms with van der Waals surface area (Å²) in [6, 6.07) is 7.71. The molecule has 0 bridgehead atoms. The molecule has 0 radical (unpaired) electrons. The first-order valence-electron chi connectivity index (χ1n) is 7.57. The van der Waals surface area contributed by atoms with Gasteiger partial charge in [0.1, 0.15) is 5.76 Å². The van der Waals surface area contributed by atoms with Crippen molar-refractivity contribution in [3.8, 4) is 0 Å². The Morgan fingerprint density at radius 3 is 2.83 bits per heavy atom. The topological polar surface area (TPSA) is 95.4 Å². The highest BCUT2D eigenvalue weighted by molar-refractivity contribution is 7.85. The molecule has 1 aliphatic rings. The molecule has 1 atom stereocenters. The molecule has 1 saturated carbocycles. The molecule has 1 heterocycles. The number of benzene rings is 1. The van der Waals surface area contributed by atoms with Gasteiger partial charge in [-0.1, -0.05) is 23.7 Å². The third kappa shape index (κ3) is 3.73. The lowest BCUT2D eigenvalue weighted by molar-refractivity contribution is 0.241. The summed E-state index contributed by atoms with van der Waals surface area (Å²) < 4.78 is 32.8. The highest BCUT2D eigenvalue weighted by Gasteiger charge is 2.34. The minimum absolute atomic E-state index is 0.0212. The van der Waals surface area contributed by atoms with Crippen LogP contribution in [0.5, 0.6) is 0 Å². The largest absolute Gasteiger partial charge is 0.399 e. The summed E-state index contributed by atoms with van der Waals surface area (Å²) in [5.41, 5.74) is 8.33. The van der Waals surface area contributed by atoms with Gasteiger partial charge < -0.3 is 10.3 Å². The smallest absolute Gasteiger partial charge is 0.264 e. The van der Waals surface area contributed by atoms with E-state index in [1.807, 2.05) is 24.3 Å². The number of rotatable bonds is 6. The highest BCUT2D eigenvalue weighted by atomic mass is 32.2. The van der Waals surface area contributed by atoms with E-state index in [1.165, 1.54) is 12.6 Å². The van der Waals surface area contributed by atoms with Gasteiger partial charge in [-0.3, -0.25) is 4.18 Å². The second-order valence-electron chi connectivity index (χ2n) is 6.02. The Labute approximate surface area is 135 Å². The van der Waals surface area contributed by atoms with Crippen molar-refractivity contribution in [1.29, 1.82) is 0 Å². The fourth-order valence-electron chi connectivity index (χ4n) is 2.97. The number of aromatic nitrogens is 1. The van der Waals surface area contributed by atoms with E-state index < -0.39 is 10.1 Å². The van der Waals surface area contributed by atoms with Gasteiger partial charge in [-0.25, -0.2) is 0 Å². The summed E-state index contributed by atoms with van der Waals surface area (Å²) in [5.74, 6) is 1.14. The molecule has 0 spiro atoms. The molecule has 6 nitrogen and oxygen atoms in total. The Hall–Kier alpha value is -1.86. The first-order chi connectivity index (χ1) is 10.9. The van der Waals surface area contributed by atoms with Crippen LogP contribution < -0.4 is 5.73 Å². The molecular formula is C16H20N2O4S. The average molecular weight is 336 g/mol. The first kappa shape index (κ1) is 16.0. The molecule has 0 amide bonds. The van der Waals surface area contributed by atoms with Gasteiger partial charge in [0.05, 0.1) is 19.1 Å². The van der Waals surface area contributed by atoms with Gasteiger partial charge in [0.25, 0.3) is 10.1 Å². The van der Waals surface area contributed by atoms with Crippen LogP contribution in [0.3, 0.4) is 0 Å². The van der Waals surface area contributed by atoms with Gasteiger partial charge in [0, 0.05) is 17.2 Å². The maximum absolute atomic E-state index is 11.2. The zero-order valence-electron chi connectivity index (χ0n) is 12.9. The quantitative estimate of drug-likeness (QED) is 0.643. The molecule has 1 fully saturated rings. The van der Waals surface area contributed by atoms with Gasteiger partial charge >= 0.3 is 0 Å².